The van der Waals surface area contributed by atoms with Crippen molar-refractivity contribution in [1.82, 2.24) is 20.1 Å². The summed E-state index contributed by atoms with van der Waals surface area (Å²) in [6, 6.07) is 8.05. The van der Waals surface area contributed by atoms with Crippen molar-refractivity contribution in [3.63, 3.8) is 0 Å². The number of urea groups is 1. The smallest absolute Gasteiger partial charge is 0.317 e. The highest BCUT2D eigenvalue weighted by atomic mass is 16.2. The molecule has 3 amide bonds. The van der Waals surface area contributed by atoms with Crippen molar-refractivity contribution in [2.24, 2.45) is 0 Å². The maximum atomic E-state index is 12.8. The Balaban J connectivity index is 1.32. The van der Waals surface area contributed by atoms with Crippen molar-refractivity contribution in [1.29, 1.82) is 0 Å². The number of H-pyrrole nitrogens is 1. The first-order chi connectivity index (χ1) is 12.7. The number of carbonyl (C=O) groups excluding carboxylic acids is 2. The topological polar surface area (TPSA) is 68.4 Å². The molecule has 0 spiro atoms. The van der Waals surface area contributed by atoms with E-state index in [-0.39, 0.29) is 11.9 Å². The van der Waals surface area contributed by atoms with Crippen LogP contribution in [0.3, 0.4) is 0 Å². The molecule has 0 unspecified atom stereocenters. The zero-order chi connectivity index (χ0) is 17.9. The largest absolute Gasteiger partial charge is 0.361 e. The minimum atomic E-state index is 0.0257. The van der Waals surface area contributed by atoms with Gasteiger partial charge in [0.25, 0.3) is 5.91 Å². The van der Waals surface area contributed by atoms with Gasteiger partial charge in [0.05, 0.1) is 0 Å². The molecule has 2 N–H and O–H groups in total. The third-order valence-corrected chi connectivity index (χ3v) is 5.59. The number of piperazine rings is 1. The number of aromatic amines is 1. The third kappa shape index (κ3) is 3.54. The van der Waals surface area contributed by atoms with E-state index >= 15 is 0 Å². The maximum Gasteiger partial charge on any atom is 0.317 e. The molecule has 2 heterocycles. The zero-order valence-corrected chi connectivity index (χ0v) is 15.0. The molecule has 2 aliphatic rings. The van der Waals surface area contributed by atoms with E-state index in [1.54, 1.807) is 0 Å². The summed E-state index contributed by atoms with van der Waals surface area (Å²) in [6.45, 7) is 2.36. The number of hydrogen-bond acceptors (Lipinski definition) is 2. The van der Waals surface area contributed by atoms with Gasteiger partial charge in [0.2, 0.25) is 0 Å². The van der Waals surface area contributed by atoms with E-state index in [1.807, 2.05) is 40.3 Å². The highest BCUT2D eigenvalue weighted by molar-refractivity contribution is 5.98. The van der Waals surface area contributed by atoms with Crippen LogP contribution in [0.2, 0.25) is 0 Å². The standard InChI is InChI=1S/C20H26N4O2/c25-19(16-6-7-18-15(14-16)8-9-21-18)23-10-12-24(13-11-23)20(26)22-17-4-2-1-3-5-17/h6-9,14,17,21H,1-5,10-13H2,(H,22,26). The second-order valence-corrected chi connectivity index (χ2v) is 7.34. The van der Waals surface area contributed by atoms with Gasteiger partial charge in [0.15, 0.2) is 0 Å². The molecule has 0 radical (unpaired) electrons. The number of nitrogens with zero attached hydrogens (tertiary/aromatic N) is 2. The summed E-state index contributed by atoms with van der Waals surface area (Å²) < 4.78 is 0. The Morgan fingerprint density at radius 1 is 0.962 bits per heavy atom. The summed E-state index contributed by atoms with van der Waals surface area (Å²) in [5.41, 5.74) is 1.74. The molecule has 1 saturated carbocycles. The number of aromatic nitrogens is 1. The van der Waals surface area contributed by atoms with Gasteiger partial charge >= 0.3 is 6.03 Å². The first kappa shape index (κ1) is 16.9. The highest BCUT2D eigenvalue weighted by Crippen LogP contribution is 2.19. The van der Waals surface area contributed by atoms with E-state index in [4.69, 9.17) is 0 Å². The van der Waals surface area contributed by atoms with Gasteiger partial charge in [-0.25, -0.2) is 4.79 Å². The van der Waals surface area contributed by atoms with Crippen LogP contribution in [0.1, 0.15) is 42.5 Å². The molecule has 4 rings (SSSR count). The summed E-state index contributed by atoms with van der Waals surface area (Å²) in [7, 11) is 0. The molecule has 1 aliphatic heterocycles. The Bertz CT molecular complexity index is 786. The van der Waals surface area contributed by atoms with Crippen molar-refractivity contribution >= 4 is 22.8 Å². The predicted molar refractivity (Wildman–Crippen MR) is 101 cm³/mol. The van der Waals surface area contributed by atoms with E-state index in [2.05, 4.69) is 10.3 Å². The number of rotatable bonds is 2. The molecule has 1 saturated heterocycles. The van der Waals surface area contributed by atoms with Crippen LogP contribution >= 0.6 is 0 Å². The normalized spacial score (nSPS) is 18.9. The highest BCUT2D eigenvalue weighted by Gasteiger charge is 2.26. The number of amides is 3. The quantitative estimate of drug-likeness (QED) is 0.871. The average molecular weight is 354 g/mol. The molecule has 2 aromatic rings. The summed E-state index contributed by atoms with van der Waals surface area (Å²) in [5.74, 6) is 0.0421. The van der Waals surface area contributed by atoms with Gasteiger partial charge in [-0.2, -0.15) is 0 Å². The van der Waals surface area contributed by atoms with E-state index in [1.165, 1.54) is 19.3 Å². The molecule has 138 valence electrons. The lowest BCUT2D eigenvalue weighted by molar-refractivity contribution is 0.0662. The summed E-state index contributed by atoms with van der Waals surface area (Å²) in [5, 5.41) is 4.20. The van der Waals surface area contributed by atoms with Gasteiger partial charge in [0.1, 0.15) is 0 Å². The van der Waals surface area contributed by atoms with Crippen molar-refractivity contribution < 1.29 is 9.59 Å². The SMILES string of the molecule is O=C(NC1CCCCC1)N1CCN(C(=O)c2ccc3[nH]ccc3c2)CC1. The molecule has 1 aromatic heterocycles. The first-order valence-electron chi connectivity index (χ1n) is 9.62. The molecule has 26 heavy (non-hydrogen) atoms. The fourth-order valence-electron chi connectivity index (χ4n) is 3.99. The lowest BCUT2D eigenvalue weighted by atomic mass is 9.96. The van der Waals surface area contributed by atoms with Crippen LogP contribution in [-0.2, 0) is 0 Å². The second kappa shape index (κ2) is 7.40. The van der Waals surface area contributed by atoms with Gasteiger partial charge in [-0.1, -0.05) is 19.3 Å². The fraction of sp³-hybridized carbons (Fsp3) is 0.500. The molecule has 2 fully saturated rings. The van der Waals surface area contributed by atoms with Crippen LogP contribution in [0.4, 0.5) is 4.79 Å². The predicted octanol–water partition coefficient (Wildman–Crippen LogP) is 2.97. The number of carbonyl (C=O) groups is 2. The number of nitrogens with one attached hydrogen (secondary N) is 2. The van der Waals surface area contributed by atoms with Crippen LogP contribution in [0.15, 0.2) is 30.5 Å². The summed E-state index contributed by atoms with van der Waals surface area (Å²) in [4.78, 5) is 32.0. The van der Waals surface area contributed by atoms with Crippen molar-refractivity contribution in [3.8, 4) is 0 Å². The van der Waals surface area contributed by atoms with E-state index in [0.717, 1.165) is 23.7 Å². The Hall–Kier alpha value is -2.50. The monoisotopic (exact) mass is 354 g/mol. The molecule has 6 heteroatoms. The van der Waals surface area contributed by atoms with Crippen LogP contribution in [-0.4, -0.2) is 58.9 Å². The Labute approximate surface area is 153 Å². The van der Waals surface area contributed by atoms with Crippen LogP contribution in [0, 0.1) is 0 Å². The van der Waals surface area contributed by atoms with Crippen LogP contribution in [0.25, 0.3) is 10.9 Å². The molecular weight excluding hydrogens is 328 g/mol. The van der Waals surface area contributed by atoms with E-state index < -0.39 is 0 Å². The van der Waals surface area contributed by atoms with Gasteiger partial charge in [0, 0.05) is 54.9 Å². The van der Waals surface area contributed by atoms with E-state index in [9.17, 15) is 9.59 Å². The summed E-state index contributed by atoms with van der Waals surface area (Å²) in [6.07, 6.45) is 7.75. The molecule has 1 aromatic carbocycles. The van der Waals surface area contributed by atoms with Gasteiger partial charge in [-0.15, -0.1) is 0 Å². The van der Waals surface area contributed by atoms with Crippen LogP contribution in [0.5, 0.6) is 0 Å². The lowest BCUT2D eigenvalue weighted by Crippen LogP contribution is -2.54. The number of fused-ring (bicyclic) bond motifs is 1. The Kier molecular flexibility index (Phi) is 4.82. The fourth-order valence-corrected chi connectivity index (χ4v) is 3.99. The third-order valence-electron chi connectivity index (χ3n) is 5.59. The second-order valence-electron chi connectivity index (χ2n) is 7.34. The first-order valence-corrected chi connectivity index (χ1v) is 9.62. The Morgan fingerprint density at radius 3 is 2.46 bits per heavy atom. The molecule has 1 aliphatic carbocycles. The summed E-state index contributed by atoms with van der Waals surface area (Å²) >= 11 is 0. The molecule has 6 nitrogen and oxygen atoms in total. The maximum absolute atomic E-state index is 12.8. The van der Waals surface area contributed by atoms with Gasteiger partial charge in [-0.05, 0) is 37.1 Å². The minimum Gasteiger partial charge on any atom is -0.361 e. The van der Waals surface area contributed by atoms with Gasteiger partial charge in [-0.3, -0.25) is 4.79 Å². The molecule has 0 atom stereocenters. The van der Waals surface area contributed by atoms with Gasteiger partial charge < -0.3 is 20.1 Å². The van der Waals surface area contributed by atoms with Crippen molar-refractivity contribution in [2.75, 3.05) is 26.2 Å². The Morgan fingerprint density at radius 2 is 1.69 bits per heavy atom. The molecule has 0 bridgehead atoms. The molecular formula is C20H26N4O2. The van der Waals surface area contributed by atoms with Crippen molar-refractivity contribution in [2.45, 2.75) is 38.1 Å². The zero-order valence-electron chi connectivity index (χ0n) is 15.0. The van der Waals surface area contributed by atoms with Crippen molar-refractivity contribution in [3.05, 3.63) is 36.0 Å². The minimum absolute atomic E-state index is 0.0257. The number of benzene rings is 1. The lowest BCUT2D eigenvalue weighted by Gasteiger charge is -2.36. The number of hydrogen-bond donors (Lipinski definition) is 2. The average Bonchev–Trinajstić information content (AvgIpc) is 3.16. The van der Waals surface area contributed by atoms with E-state index in [0.29, 0.717) is 37.8 Å². The van der Waals surface area contributed by atoms with Crippen LogP contribution < -0.4 is 5.32 Å².